The number of aliphatic hydroxyl groups excluding tert-OH is 1. The highest BCUT2D eigenvalue weighted by atomic mass is 16.5. The van der Waals surface area contributed by atoms with Crippen molar-refractivity contribution in [2.24, 2.45) is 0 Å². The molecule has 2 unspecified atom stereocenters. The molecule has 0 bridgehead atoms. The Balaban J connectivity index is 1.34. The molecule has 6 nitrogen and oxygen atoms in total. The number of aryl methyl sites for hydroxylation is 1. The fourth-order valence-electron chi connectivity index (χ4n) is 6.06. The van der Waals surface area contributed by atoms with Gasteiger partial charge in [0.25, 0.3) is 0 Å². The zero-order valence-corrected chi connectivity index (χ0v) is 20.5. The van der Waals surface area contributed by atoms with E-state index in [9.17, 15) is 15.3 Å². The summed E-state index contributed by atoms with van der Waals surface area (Å²) in [7, 11) is 1.65. The van der Waals surface area contributed by atoms with Crippen molar-refractivity contribution in [3.63, 3.8) is 0 Å². The summed E-state index contributed by atoms with van der Waals surface area (Å²) < 4.78 is 18.4. The molecule has 6 rings (SSSR count). The first kappa shape index (κ1) is 23.0. The van der Waals surface area contributed by atoms with Gasteiger partial charge in [0.1, 0.15) is 23.4 Å². The number of aromatic hydroxyl groups is 2. The molecule has 3 aromatic carbocycles. The Hall–Kier alpha value is -3.38. The monoisotopic (exact) mass is 488 g/mol. The summed E-state index contributed by atoms with van der Waals surface area (Å²) in [6, 6.07) is 12.6. The molecule has 1 fully saturated rings. The zero-order valence-electron chi connectivity index (χ0n) is 20.5. The van der Waals surface area contributed by atoms with Gasteiger partial charge in [-0.25, -0.2) is 0 Å². The number of aliphatic hydroxyl groups is 1. The van der Waals surface area contributed by atoms with Crippen LogP contribution in [0.4, 0.5) is 0 Å². The summed E-state index contributed by atoms with van der Waals surface area (Å²) in [5.74, 6) is 2.25. The van der Waals surface area contributed by atoms with E-state index in [0.717, 1.165) is 77.7 Å². The van der Waals surface area contributed by atoms with Gasteiger partial charge >= 0.3 is 0 Å². The summed E-state index contributed by atoms with van der Waals surface area (Å²) in [6.45, 7) is 0. The van der Waals surface area contributed by atoms with E-state index in [1.54, 1.807) is 31.4 Å². The highest BCUT2D eigenvalue weighted by Crippen LogP contribution is 2.49. The minimum Gasteiger partial charge on any atom is -0.508 e. The number of hydrogen-bond acceptors (Lipinski definition) is 6. The number of benzene rings is 3. The molecular formula is C30H32O6. The van der Waals surface area contributed by atoms with E-state index < -0.39 is 12.2 Å². The first-order valence-electron chi connectivity index (χ1n) is 12.9. The van der Waals surface area contributed by atoms with Crippen molar-refractivity contribution in [2.75, 3.05) is 7.11 Å². The quantitative estimate of drug-likeness (QED) is 0.442. The van der Waals surface area contributed by atoms with Crippen molar-refractivity contribution >= 4 is 0 Å². The molecule has 3 aliphatic rings. The lowest BCUT2D eigenvalue weighted by Gasteiger charge is -2.35. The number of methoxy groups -OCH3 is 1. The van der Waals surface area contributed by atoms with Crippen LogP contribution >= 0.6 is 0 Å². The van der Waals surface area contributed by atoms with E-state index in [2.05, 4.69) is 0 Å². The van der Waals surface area contributed by atoms with Gasteiger partial charge in [-0.15, -0.1) is 0 Å². The molecule has 3 N–H and O–H groups in total. The van der Waals surface area contributed by atoms with Crippen LogP contribution in [-0.2, 0) is 19.3 Å². The van der Waals surface area contributed by atoms with E-state index in [4.69, 9.17) is 14.2 Å². The SMILES string of the molecule is COc1cc2c(c3c1-c1ccc(O)cc1CC3)CC(O)C(c1ccc(O)c(OC3CCCCC3)c1)O2. The van der Waals surface area contributed by atoms with E-state index in [1.807, 2.05) is 18.2 Å². The Bertz CT molecular complexity index is 1290. The molecule has 1 aliphatic heterocycles. The van der Waals surface area contributed by atoms with Crippen LogP contribution < -0.4 is 14.2 Å². The first-order valence-corrected chi connectivity index (χ1v) is 12.9. The maximum atomic E-state index is 11.2. The molecule has 6 heteroatoms. The average molecular weight is 489 g/mol. The van der Waals surface area contributed by atoms with Gasteiger partial charge in [-0.3, -0.25) is 0 Å². The van der Waals surface area contributed by atoms with E-state index >= 15 is 0 Å². The van der Waals surface area contributed by atoms with Crippen molar-refractivity contribution < 1.29 is 29.5 Å². The molecule has 2 atom stereocenters. The first-order chi connectivity index (χ1) is 17.5. The van der Waals surface area contributed by atoms with Crippen molar-refractivity contribution in [3.8, 4) is 39.9 Å². The van der Waals surface area contributed by atoms with Crippen molar-refractivity contribution in [1.82, 2.24) is 0 Å². The van der Waals surface area contributed by atoms with Gasteiger partial charge in [-0.1, -0.05) is 18.6 Å². The van der Waals surface area contributed by atoms with E-state index in [0.29, 0.717) is 17.9 Å². The van der Waals surface area contributed by atoms with E-state index in [1.165, 1.54) is 6.42 Å². The maximum absolute atomic E-state index is 11.2. The lowest BCUT2D eigenvalue weighted by molar-refractivity contribution is 0.0201. The normalized spacial score (nSPS) is 21.1. The Kier molecular flexibility index (Phi) is 5.92. The van der Waals surface area contributed by atoms with Crippen molar-refractivity contribution in [1.29, 1.82) is 0 Å². The van der Waals surface area contributed by atoms with Gasteiger partial charge in [0.15, 0.2) is 11.5 Å². The van der Waals surface area contributed by atoms with Crippen LogP contribution in [0.2, 0.25) is 0 Å². The highest BCUT2D eigenvalue weighted by Gasteiger charge is 2.35. The van der Waals surface area contributed by atoms with Gasteiger partial charge in [0.05, 0.1) is 19.3 Å². The Morgan fingerprint density at radius 3 is 2.53 bits per heavy atom. The van der Waals surface area contributed by atoms with E-state index in [-0.39, 0.29) is 17.6 Å². The second-order valence-corrected chi connectivity index (χ2v) is 10.2. The number of phenols is 2. The number of ether oxygens (including phenoxy) is 3. The van der Waals surface area contributed by atoms with Crippen LogP contribution in [0.1, 0.15) is 60.5 Å². The van der Waals surface area contributed by atoms with Crippen LogP contribution in [0.25, 0.3) is 11.1 Å². The largest absolute Gasteiger partial charge is 0.508 e. The zero-order chi connectivity index (χ0) is 24.8. The summed E-state index contributed by atoms with van der Waals surface area (Å²) in [4.78, 5) is 0. The van der Waals surface area contributed by atoms with Crippen LogP contribution in [0, 0.1) is 0 Å². The molecule has 1 heterocycles. The average Bonchev–Trinajstić information content (AvgIpc) is 2.89. The van der Waals surface area contributed by atoms with Gasteiger partial charge < -0.3 is 29.5 Å². The molecule has 2 aliphatic carbocycles. The predicted molar refractivity (Wildman–Crippen MR) is 136 cm³/mol. The van der Waals surface area contributed by atoms with Crippen LogP contribution in [0.5, 0.6) is 28.7 Å². The molecule has 36 heavy (non-hydrogen) atoms. The van der Waals surface area contributed by atoms with Crippen LogP contribution in [-0.4, -0.2) is 34.6 Å². The molecule has 188 valence electrons. The third kappa shape index (κ3) is 4.03. The second kappa shape index (κ2) is 9.25. The van der Waals surface area contributed by atoms with Crippen molar-refractivity contribution in [3.05, 3.63) is 64.7 Å². The third-order valence-corrected chi connectivity index (χ3v) is 7.87. The minimum atomic E-state index is -0.747. The second-order valence-electron chi connectivity index (χ2n) is 10.2. The summed E-state index contributed by atoms with van der Waals surface area (Å²) in [6.07, 6.45) is 6.33. The summed E-state index contributed by atoms with van der Waals surface area (Å²) >= 11 is 0. The minimum absolute atomic E-state index is 0.107. The lowest BCUT2D eigenvalue weighted by atomic mass is 9.80. The fourth-order valence-corrected chi connectivity index (χ4v) is 6.06. The standard InChI is InChI=1S/C30H32O6/c1-34-28-16-26-23(22-10-7-17-13-19(31)9-11-21(17)29(22)28)15-25(33)30(36-26)18-8-12-24(32)27(14-18)35-20-5-3-2-4-6-20/h8-9,11-14,16,20,25,30-33H,2-7,10,15H2,1H3. The topological polar surface area (TPSA) is 88.4 Å². The van der Waals surface area contributed by atoms with Crippen molar-refractivity contribution in [2.45, 2.75) is 69.7 Å². The molecule has 3 aromatic rings. The molecule has 0 spiro atoms. The Morgan fingerprint density at radius 2 is 1.72 bits per heavy atom. The smallest absolute Gasteiger partial charge is 0.161 e. The van der Waals surface area contributed by atoms with Gasteiger partial charge in [-0.05, 0) is 85.0 Å². The third-order valence-electron chi connectivity index (χ3n) is 7.87. The van der Waals surface area contributed by atoms with Gasteiger partial charge in [0.2, 0.25) is 0 Å². The fraction of sp³-hybridized carbons (Fsp3) is 0.400. The number of fused-ring (bicyclic) bond motifs is 5. The molecule has 0 amide bonds. The summed E-state index contributed by atoms with van der Waals surface area (Å²) in [5.41, 5.74) is 6.06. The van der Waals surface area contributed by atoms with Gasteiger partial charge in [-0.2, -0.15) is 0 Å². The maximum Gasteiger partial charge on any atom is 0.161 e. The molecule has 0 saturated heterocycles. The number of hydrogen-bond donors (Lipinski definition) is 3. The molecule has 0 radical (unpaired) electrons. The number of rotatable bonds is 4. The summed E-state index contributed by atoms with van der Waals surface area (Å²) in [5, 5.41) is 31.6. The Morgan fingerprint density at radius 1 is 0.889 bits per heavy atom. The lowest BCUT2D eigenvalue weighted by Crippen LogP contribution is -2.31. The van der Waals surface area contributed by atoms with Gasteiger partial charge in [0, 0.05) is 23.6 Å². The molecule has 0 aromatic heterocycles. The molecular weight excluding hydrogens is 456 g/mol. The molecule has 1 saturated carbocycles. The highest BCUT2D eigenvalue weighted by molar-refractivity contribution is 5.82. The predicted octanol–water partition coefficient (Wildman–Crippen LogP) is 5.62. The van der Waals surface area contributed by atoms with Crippen LogP contribution in [0.15, 0.2) is 42.5 Å². The van der Waals surface area contributed by atoms with Crippen LogP contribution in [0.3, 0.4) is 0 Å². The Labute approximate surface area is 211 Å². The number of phenolic OH excluding ortho intramolecular Hbond substituents is 2.